The molecule has 0 N–H and O–H groups in total. The molecule has 13 heavy (non-hydrogen) atoms. The van der Waals surface area contributed by atoms with Crippen LogP contribution >= 0.6 is 0 Å². The number of hydrogen-bond acceptors (Lipinski definition) is 0. The van der Waals surface area contributed by atoms with E-state index in [1.54, 1.807) is 0 Å². The Morgan fingerprint density at radius 3 is 1.69 bits per heavy atom. The van der Waals surface area contributed by atoms with Gasteiger partial charge in [-0.05, 0) is 57.8 Å². The van der Waals surface area contributed by atoms with Crippen LogP contribution in [0.5, 0.6) is 0 Å². The predicted molar refractivity (Wildman–Crippen MR) is 59.5 cm³/mol. The van der Waals surface area contributed by atoms with E-state index >= 15 is 0 Å². The molecule has 0 nitrogen and oxygen atoms in total. The maximum atomic E-state index is 2.43. The summed E-state index contributed by atoms with van der Waals surface area (Å²) < 4.78 is 0. The second-order valence-electron chi connectivity index (χ2n) is 3.67. The Balaban J connectivity index is 2.18. The lowest BCUT2D eigenvalue weighted by Gasteiger charge is -1.95. The van der Waals surface area contributed by atoms with Gasteiger partial charge in [0.1, 0.15) is 0 Å². The molecule has 1 aliphatic carbocycles. The summed E-state index contributed by atoms with van der Waals surface area (Å²) in [6.07, 6.45) is 22.0. The summed E-state index contributed by atoms with van der Waals surface area (Å²) in [5.74, 6) is 0. The molecule has 0 spiro atoms. The second kappa shape index (κ2) is 8.10. The van der Waals surface area contributed by atoms with Gasteiger partial charge in [-0.25, -0.2) is 0 Å². The van der Waals surface area contributed by atoms with Gasteiger partial charge in [0.2, 0.25) is 0 Å². The molecule has 0 aromatic rings. The first kappa shape index (κ1) is 10.6. The van der Waals surface area contributed by atoms with Gasteiger partial charge in [-0.2, -0.15) is 0 Å². The summed E-state index contributed by atoms with van der Waals surface area (Å²) in [7, 11) is 0. The number of allylic oxidation sites excluding steroid dienone is 4. The van der Waals surface area contributed by atoms with Crippen LogP contribution in [0.15, 0.2) is 24.3 Å². The van der Waals surface area contributed by atoms with Crippen LogP contribution in [0.4, 0.5) is 0 Å². The summed E-state index contributed by atoms with van der Waals surface area (Å²) in [6, 6.07) is 0. The lowest BCUT2D eigenvalue weighted by Crippen LogP contribution is -1.77. The summed E-state index contributed by atoms with van der Waals surface area (Å²) in [5, 5.41) is 0. The fourth-order valence-corrected chi connectivity index (χ4v) is 1.56. The molecule has 0 saturated heterocycles. The van der Waals surface area contributed by atoms with Crippen LogP contribution in [-0.4, -0.2) is 0 Å². The molecule has 1 radical (unpaired) electrons. The van der Waals surface area contributed by atoms with E-state index in [1.807, 2.05) is 0 Å². The van der Waals surface area contributed by atoms with Gasteiger partial charge in [0.15, 0.2) is 0 Å². The van der Waals surface area contributed by atoms with Crippen LogP contribution in [0.1, 0.15) is 51.4 Å². The lowest BCUT2D eigenvalue weighted by atomic mass is 10.1. The van der Waals surface area contributed by atoms with Crippen molar-refractivity contribution in [2.24, 2.45) is 0 Å². The Morgan fingerprint density at radius 1 is 0.462 bits per heavy atom. The van der Waals surface area contributed by atoms with Crippen molar-refractivity contribution in [3.05, 3.63) is 30.7 Å². The summed E-state index contributed by atoms with van der Waals surface area (Å²) in [4.78, 5) is 0. The van der Waals surface area contributed by atoms with Gasteiger partial charge in [0.25, 0.3) is 0 Å². The van der Waals surface area contributed by atoms with Crippen molar-refractivity contribution < 1.29 is 0 Å². The van der Waals surface area contributed by atoms with E-state index in [0.29, 0.717) is 0 Å². The highest BCUT2D eigenvalue weighted by atomic mass is 14.0. The van der Waals surface area contributed by atoms with Gasteiger partial charge < -0.3 is 0 Å². The van der Waals surface area contributed by atoms with Crippen molar-refractivity contribution in [1.29, 1.82) is 0 Å². The van der Waals surface area contributed by atoms with Crippen molar-refractivity contribution in [1.82, 2.24) is 0 Å². The smallest absolute Gasteiger partial charge is 0.0348 e. The van der Waals surface area contributed by atoms with Gasteiger partial charge >= 0.3 is 0 Å². The van der Waals surface area contributed by atoms with Crippen LogP contribution in [0, 0.1) is 6.42 Å². The van der Waals surface area contributed by atoms with E-state index in [2.05, 4.69) is 30.7 Å². The molecule has 0 heterocycles. The van der Waals surface area contributed by atoms with Gasteiger partial charge in [-0.15, -0.1) is 0 Å². The van der Waals surface area contributed by atoms with Crippen LogP contribution in [0.2, 0.25) is 0 Å². The largest absolute Gasteiger partial charge is 0.0885 e. The number of rotatable bonds is 0. The molecule has 0 aromatic carbocycles. The SMILES string of the molecule is [CH]1CCC=CCCCC=CCCC1. The first-order valence-corrected chi connectivity index (χ1v) is 5.62. The van der Waals surface area contributed by atoms with E-state index in [4.69, 9.17) is 0 Å². The van der Waals surface area contributed by atoms with Gasteiger partial charge in [0.05, 0.1) is 0 Å². The van der Waals surface area contributed by atoms with E-state index in [0.717, 1.165) is 0 Å². The van der Waals surface area contributed by atoms with Crippen molar-refractivity contribution in [3.63, 3.8) is 0 Å². The first-order chi connectivity index (χ1) is 6.50. The van der Waals surface area contributed by atoms with E-state index in [9.17, 15) is 0 Å². The van der Waals surface area contributed by atoms with Crippen molar-refractivity contribution in [2.75, 3.05) is 0 Å². The molecule has 0 bridgehead atoms. The number of hydrogen-bond donors (Lipinski definition) is 0. The highest BCUT2D eigenvalue weighted by molar-refractivity contribution is 4.87. The molecular weight excluding hydrogens is 156 g/mol. The van der Waals surface area contributed by atoms with Crippen LogP contribution < -0.4 is 0 Å². The molecule has 0 aromatic heterocycles. The molecule has 0 fully saturated rings. The minimum atomic E-state index is 1.24. The molecule has 0 heteroatoms. The van der Waals surface area contributed by atoms with Crippen molar-refractivity contribution >= 4 is 0 Å². The normalized spacial score (nSPS) is 21.5. The van der Waals surface area contributed by atoms with Crippen LogP contribution in [-0.2, 0) is 0 Å². The molecule has 0 unspecified atom stereocenters. The summed E-state index contributed by atoms with van der Waals surface area (Å²) >= 11 is 0. The first-order valence-electron chi connectivity index (χ1n) is 5.62. The Kier molecular flexibility index (Phi) is 6.58. The van der Waals surface area contributed by atoms with Crippen molar-refractivity contribution in [2.45, 2.75) is 51.4 Å². The minimum absolute atomic E-state index is 1.24. The van der Waals surface area contributed by atoms with E-state index < -0.39 is 0 Å². The molecule has 1 rings (SSSR count). The standard InChI is InChI=1S/C13H21/c1-2-4-6-8-10-12-13-11-9-7-5-3-1/h1-2,7,10,12H,3-6,8-9,11,13H2. The monoisotopic (exact) mass is 177 g/mol. The Bertz CT molecular complexity index is 135. The fourth-order valence-electron chi connectivity index (χ4n) is 1.56. The average molecular weight is 177 g/mol. The fraction of sp³-hybridized carbons (Fsp3) is 0.615. The average Bonchev–Trinajstić information content (AvgIpc) is 2.18. The van der Waals surface area contributed by atoms with Crippen molar-refractivity contribution in [3.8, 4) is 0 Å². The zero-order valence-corrected chi connectivity index (χ0v) is 8.54. The molecule has 73 valence electrons. The third kappa shape index (κ3) is 6.62. The quantitative estimate of drug-likeness (QED) is 0.480. The molecule has 0 amide bonds. The maximum absolute atomic E-state index is 2.43. The minimum Gasteiger partial charge on any atom is -0.0885 e. The molecule has 1 aliphatic rings. The summed E-state index contributed by atoms with van der Waals surface area (Å²) in [5.41, 5.74) is 0. The molecular formula is C13H21. The van der Waals surface area contributed by atoms with E-state index in [-0.39, 0.29) is 0 Å². The molecule has 0 aliphatic heterocycles. The van der Waals surface area contributed by atoms with Crippen LogP contribution in [0.3, 0.4) is 0 Å². The topological polar surface area (TPSA) is 0 Å². The van der Waals surface area contributed by atoms with Gasteiger partial charge in [0, 0.05) is 0 Å². The maximum Gasteiger partial charge on any atom is -0.0348 e. The zero-order valence-electron chi connectivity index (χ0n) is 8.54. The lowest BCUT2D eigenvalue weighted by molar-refractivity contribution is 0.778. The predicted octanol–water partition coefficient (Wildman–Crippen LogP) is 4.44. The third-order valence-electron chi connectivity index (χ3n) is 2.39. The Hall–Kier alpha value is -0.520. The highest BCUT2D eigenvalue weighted by Crippen LogP contribution is 2.08. The van der Waals surface area contributed by atoms with Gasteiger partial charge in [-0.1, -0.05) is 24.3 Å². The second-order valence-corrected chi connectivity index (χ2v) is 3.67. The third-order valence-corrected chi connectivity index (χ3v) is 2.39. The van der Waals surface area contributed by atoms with Crippen LogP contribution in [0.25, 0.3) is 0 Å². The van der Waals surface area contributed by atoms with E-state index in [1.165, 1.54) is 51.4 Å². The Morgan fingerprint density at radius 2 is 1.00 bits per heavy atom. The molecule has 0 saturated carbocycles. The Labute approximate surface area is 82.7 Å². The highest BCUT2D eigenvalue weighted by Gasteiger charge is 1.89. The summed E-state index contributed by atoms with van der Waals surface area (Å²) in [6.45, 7) is 0. The van der Waals surface area contributed by atoms with Gasteiger partial charge in [-0.3, -0.25) is 0 Å². The molecule has 0 atom stereocenters. The zero-order chi connectivity index (χ0) is 9.19.